The fraction of sp³-hybridized carbons (Fsp3) is 0.308. The molecule has 0 radical (unpaired) electrons. The van der Waals surface area contributed by atoms with Gasteiger partial charge in [-0.1, -0.05) is 30.3 Å². The molecule has 2 rings (SSSR count). The summed E-state index contributed by atoms with van der Waals surface area (Å²) < 4.78 is 10.1. The topological polar surface area (TPSA) is 85.2 Å². The normalized spacial score (nSPS) is 21.7. The molecule has 0 bridgehead atoms. The van der Waals surface area contributed by atoms with E-state index in [0.29, 0.717) is 0 Å². The van der Waals surface area contributed by atoms with Gasteiger partial charge in [-0.25, -0.2) is 4.79 Å². The minimum Gasteiger partial charge on any atom is -0.481 e. The highest BCUT2D eigenvalue weighted by atomic mass is 16.7. The van der Waals surface area contributed by atoms with Gasteiger partial charge in [0.05, 0.1) is 6.42 Å². The first-order chi connectivity index (χ1) is 8.99. The van der Waals surface area contributed by atoms with Crippen molar-refractivity contribution < 1.29 is 24.2 Å². The van der Waals surface area contributed by atoms with Gasteiger partial charge in [0, 0.05) is 0 Å². The molecule has 6 heteroatoms. The van der Waals surface area contributed by atoms with Crippen LogP contribution in [0.15, 0.2) is 35.3 Å². The van der Waals surface area contributed by atoms with Crippen LogP contribution in [0.25, 0.3) is 0 Å². The van der Waals surface area contributed by atoms with E-state index in [2.05, 4.69) is 4.99 Å². The lowest BCUT2D eigenvalue weighted by molar-refractivity contribution is -0.146. The highest BCUT2D eigenvalue weighted by Crippen LogP contribution is 2.24. The number of carbonyl (C=O) groups is 2. The van der Waals surface area contributed by atoms with Gasteiger partial charge in [0.2, 0.25) is 0 Å². The Balaban J connectivity index is 2.00. The first-order valence-electron chi connectivity index (χ1n) is 5.70. The minimum atomic E-state index is -1.40. The number of cyclic esters (lactones) is 1. The predicted molar refractivity (Wildman–Crippen MR) is 65.4 cm³/mol. The number of carboxylic acid groups (broad SMARTS) is 1. The highest BCUT2D eigenvalue weighted by Gasteiger charge is 2.44. The average Bonchev–Trinajstić information content (AvgIpc) is 2.62. The SMILES string of the molecule is CC1(CC(=O)O)N=C(OCc2ccccc2)OC1=O. The number of carboxylic acids is 1. The van der Waals surface area contributed by atoms with Crippen LogP contribution in [0.3, 0.4) is 0 Å². The van der Waals surface area contributed by atoms with Crippen LogP contribution in [0.5, 0.6) is 0 Å². The van der Waals surface area contributed by atoms with E-state index in [4.69, 9.17) is 14.6 Å². The van der Waals surface area contributed by atoms with Gasteiger partial charge in [0.1, 0.15) is 6.61 Å². The zero-order chi connectivity index (χ0) is 13.9. The molecule has 100 valence electrons. The van der Waals surface area contributed by atoms with Gasteiger partial charge in [-0.2, -0.15) is 4.99 Å². The molecule has 0 spiro atoms. The number of aliphatic imine (C=N–C) groups is 1. The second-order valence-electron chi connectivity index (χ2n) is 4.39. The molecular weight excluding hydrogens is 250 g/mol. The molecule has 0 aromatic heterocycles. The maximum Gasteiger partial charge on any atom is 0.392 e. The second kappa shape index (κ2) is 5.09. The maximum atomic E-state index is 11.6. The standard InChI is InChI=1S/C13H13NO5/c1-13(7-10(15)16)11(17)19-12(14-13)18-8-9-5-3-2-4-6-9/h2-6H,7-8H2,1H3,(H,15,16). The zero-order valence-electron chi connectivity index (χ0n) is 10.3. The maximum absolute atomic E-state index is 11.6. The van der Waals surface area contributed by atoms with E-state index in [0.717, 1.165) is 5.56 Å². The van der Waals surface area contributed by atoms with Crippen molar-refractivity contribution in [1.29, 1.82) is 0 Å². The zero-order valence-corrected chi connectivity index (χ0v) is 10.3. The van der Waals surface area contributed by atoms with E-state index in [1.165, 1.54) is 6.92 Å². The van der Waals surface area contributed by atoms with Gasteiger partial charge in [-0.15, -0.1) is 0 Å². The predicted octanol–water partition coefficient (Wildman–Crippen LogP) is 1.35. The van der Waals surface area contributed by atoms with Crippen LogP contribution in [0.1, 0.15) is 18.9 Å². The van der Waals surface area contributed by atoms with Crippen LogP contribution in [-0.2, 0) is 25.7 Å². The number of hydrogen-bond donors (Lipinski definition) is 1. The molecule has 6 nitrogen and oxygen atoms in total. The largest absolute Gasteiger partial charge is 0.481 e. The van der Waals surface area contributed by atoms with Crippen LogP contribution in [-0.4, -0.2) is 28.7 Å². The Morgan fingerprint density at radius 2 is 2.11 bits per heavy atom. The molecule has 0 saturated heterocycles. The molecule has 1 heterocycles. The molecule has 0 aliphatic carbocycles. The molecule has 1 atom stereocenters. The van der Waals surface area contributed by atoms with E-state index >= 15 is 0 Å². The van der Waals surface area contributed by atoms with Gasteiger partial charge in [0.25, 0.3) is 0 Å². The summed E-state index contributed by atoms with van der Waals surface area (Å²) in [6.45, 7) is 1.61. The summed E-state index contributed by atoms with van der Waals surface area (Å²) in [5.41, 5.74) is -0.509. The molecular formula is C13H13NO5. The van der Waals surface area contributed by atoms with Crippen molar-refractivity contribution in [2.45, 2.75) is 25.5 Å². The third kappa shape index (κ3) is 3.09. The molecule has 1 aromatic rings. The summed E-state index contributed by atoms with van der Waals surface area (Å²) >= 11 is 0. The third-order valence-electron chi connectivity index (χ3n) is 2.66. The number of aliphatic carboxylic acids is 1. The molecule has 0 saturated carbocycles. The third-order valence-corrected chi connectivity index (χ3v) is 2.66. The molecule has 19 heavy (non-hydrogen) atoms. The summed E-state index contributed by atoms with van der Waals surface area (Å²) in [4.78, 5) is 26.1. The number of nitrogens with zero attached hydrogens (tertiary/aromatic N) is 1. The summed E-state index contributed by atoms with van der Waals surface area (Å²) in [7, 11) is 0. The Morgan fingerprint density at radius 3 is 2.74 bits per heavy atom. The number of esters is 1. The average molecular weight is 263 g/mol. The number of ether oxygens (including phenoxy) is 2. The number of rotatable bonds is 4. The quantitative estimate of drug-likeness (QED) is 0.829. The van der Waals surface area contributed by atoms with Gasteiger partial charge in [0.15, 0.2) is 5.54 Å². The molecule has 1 aliphatic heterocycles. The van der Waals surface area contributed by atoms with Gasteiger partial charge in [-0.05, 0) is 12.5 Å². The van der Waals surface area contributed by atoms with E-state index < -0.39 is 23.9 Å². The molecule has 1 unspecified atom stereocenters. The fourth-order valence-corrected chi connectivity index (χ4v) is 1.65. The van der Waals surface area contributed by atoms with Crippen LogP contribution in [0.4, 0.5) is 0 Å². The summed E-state index contributed by atoms with van der Waals surface area (Å²) in [6.07, 6.45) is -0.609. The van der Waals surface area contributed by atoms with Crippen molar-refractivity contribution in [2.24, 2.45) is 4.99 Å². The van der Waals surface area contributed by atoms with E-state index in [9.17, 15) is 9.59 Å². The monoisotopic (exact) mass is 263 g/mol. The highest BCUT2D eigenvalue weighted by molar-refractivity contribution is 5.98. The Labute approximate surface area is 109 Å². The lowest BCUT2D eigenvalue weighted by Gasteiger charge is -2.11. The molecule has 1 aliphatic rings. The van der Waals surface area contributed by atoms with Gasteiger partial charge in [-0.3, -0.25) is 4.79 Å². The minimum absolute atomic E-state index is 0.183. The Kier molecular flexibility index (Phi) is 3.50. The van der Waals surface area contributed by atoms with E-state index in [1.807, 2.05) is 30.3 Å². The number of benzene rings is 1. The lowest BCUT2D eigenvalue weighted by Crippen LogP contribution is -2.32. The van der Waals surface area contributed by atoms with E-state index in [1.54, 1.807) is 0 Å². The number of carbonyl (C=O) groups excluding carboxylic acids is 1. The van der Waals surface area contributed by atoms with Crippen molar-refractivity contribution in [3.8, 4) is 0 Å². The molecule has 1 N–H and O–H groups in total. The van der Waals surface area contributed by atoms with Gasteiger partial charge < -0.3 is 14.6 Å². The lowest BCUT2D eigenvalue weighted by atomic mass is 10.0. The van der Waals surface area contributed by atoms with Crippen LogP contribution in [0.2, 0.25) is 0 Å². The van der Waals surface area contributed by atoms with Crippen molar-refractivity contribution >= 4 is 18.0 Å². The molecule has 0 fully saturated rings. The first kappa shape index (κ1) is 13.1. The second-order valence-corrected chi connectivity index (χ2v) is 4.39. The van der Waals surface area contributed by atoms with Crippen LogP contribution >= 0.6 is 0 Å². The van der Waals surface area contributed by atoms with Crippen molar-refractivity contribution in [1.82, 2.24) is 0 Å². The van der Waals surface area contributed by atoms with Crippen LogP contribution in [0, 0.1) is 0 Å². The number of hydrogen-bond acceptors (Lipinski definition) is 5. The fourth-order valence-electron chi connectivity index (χ4n) is 1.65. The first-order valence-corrected chi connectivity index (χ1v) is 5.70. The smallest absolute Gasteiger partial charge is 0.392 e. The Hall–Kier alpha value is -2.37. The van der Waals surface area contributed by atoms with Gasteiger partial charge >= 0.3 is 18.0 Å². The van der Waals surface area contributed by atoms with Crippen LogP contribution < -0.4 is 0 Å². The molecule has 1 aromatic carbocycles. The van der Waals surface area contributed by atoms with Crippen molar-refractivity contribution in [3.05, 3.63) is 35.9 Å². The summed E-state index contributed by atoms with van der Waals surface area (Å²) in [5, 5.41) is 8.73. The molecule has 0 amide bonds. The summed E-state index contributed by atoms with van der Waals surface area (Å²) in [6, 6.07) is 9.30. The Bertz CT molecular complexity index is 525. The van der Waals surface area contributed by atoms with Crippen molar-refractivity contribution in [3.63, 3.8) is 0 Å². The Morgan fingerprint density at radius 1 is 1.42 bits per heavy atom. The van der Waals surface area contributed by atoms with Crippen molar-refractivity contribution in [2.75, 3.05) is 0 Å². The summed E-state index contributed by atoms with van der Waals surface area (Å²) in [5.74, 6) is -1.83. The van der Waals surface area contributed by atoms with E-state index in [-0.39, 0.29) is 12.7 Å².